The summed E-state index contributed by atoms with van der Waals surface area (Å²) < 4.78 is 16.2. The smallest absolute Gasteiger partial charge is 0.254 e. The molecule has 1 aromatic heterocycles. The second kappa shape index (κ2) is 10.9. The molecule has 0 unspecified atom stereocenters. The number of nitrogens with zero attached hydrogens (tertiary/aromatic N) is 3. The summed E-state index contributed by atoms with van der Waals surface area (Å²) in [5, 5.41) is 4.13. The van der Waals surface area contributed by atoms with Crippen molar-refractivity contribution < 1.29 is 18.8 Å². The third-order valence-corrected chi connectivity index (χ3v) is 5.99. The Kier molecular flexibility index (Phi) is 7.45. The van der Waals surface area contributed by atoms with Crippen molar-refractivity contribution in [2.75, 3.05) is 20.8 Å². The average molecular weight is 472 g/mol. The first kappa shape index (κ1) is 24.0. The Bertz CT molecular complexity index is 1270. The van der Waals surface area contributed by atoms with Crippen LogP contribution in [0.1, 0.15) is 40.3 Å². The van der Waals surface area contributed by atoms with Gasteiger partial charge in [0.2, 0.25) is 11.7 Å². The van der Waals surface area contributed by atoms with Gasteiger partial charge in [0.1, 0.15) is 0 Å². The molecule has 0 radical (unpaired) electrons. The lowest BCUT2D eigenvalue weighted by Crippen LogP contribution is -2.35. The summed E-state index contributed by atoms with van der Waals surface area (Å²) in [5.41, 5.74) is 3.57. The highest BCUT2D eigenvalue weighted by molar-refractivity contribution is 5.94. The lowest BCUT2D eigenvalue weighted by atomic mass is 10.0. The van der Waals surface area contributed by atoms with E-state index in [1.807, 2.05) is 79.4 Å². The van der Waals surface area contributed by atoms with Crippen LogP contribution in [0, 0.1) is 6.92 Å². The summed E-state index contributed by atoms with van der Waals surface area (Å²) in [6.45, 7) is 4.46. The van der Waals surface area contributed by atoms with E-state index in [1.54, 1.807) is 26.4 Å². The second-order valence-electron chi connectivity index (χ2n) is 8.28. The first-order valence-electron chi connectivity index (χ1n) is 11.5. The standard InChI is InChI=1S/C28H29N3O4/c1-19-10-12-22(13-11-19)28(32)31(20(2)21-8-6-5-7-9-21)17-16-26-29-27(30-35-26)23-14-15-24(33-3)25(18-23)34-4/h5-15,18,20H,16-17H2,1-4H3/t20-/m0/s1. The Labute approximate surface area is 205 Å². The van der Waals surface area contributed by atoms with E-state index >= 15 is 0 Å². The number of hydrogen-bond donors (Lipinski definition) is 0. The van der Waals surface area contributed by atoms with Crippen LogP contribution in [-0.2, 0) is 6.42 Å². The van der Waals surface area contributed by atoms with Crippen LogP contribution in [0.3, 0.4) is 0 Å². The molecule has 0 saturated heterocycles. The van der Waals surface area contributed by atoms with Crippen molar-refractivity contribution >= 4 is 5.91 Å². The quantitative estimate of drug-likeness (QED) is 0.320. The molecule has 3 aromatic carbocycles. The van der Waals surface area contributed by atoms with Crippen molar-refractivity contribution in [3.8, 4) is 22.9 Å². The minimum Gasteiger partial charge on any atom is -0.493 e. The number of ether oxygens (including phenoxy) is 2. The zero-order chi connectivity index (χ0) is 24.8. The highest BCUT2D eigenvalue weighted by atomic mass is 16.5. The molecular formula is C28H29N3O4. The van der Waals surface area contributed by atoms with Crippen molar-refractivity contribution in [2.45, 2.75) is 26.3 Å². The molecule has 1 atom stereocenters. The second-order valence-corrected chi connectivity index (χ2v) is 8.28. The Hall–Kier alpha value is -4.13. The van der Waals surface area contributed by atoms with E-state index in [1.165, 1.54) is 0 Å². The van der Waals surface area contributed by atoms with Gasteiger partial charge in [-0.1, -0.05) is 53.2 Å². The van der Waals surface area contributed by atoms with Gasteiger partial charge in [-0.05, 0) is 49.7 Å². The van der Waals surface area contributed by atoms with Crippen molar-refractivity contribution in [1.82, 2.24) is 15.0 Å². The number of carbonyl (C=O) groups is 1. The molecule has 0 aliphatic rings. The summed E-state index contributed by atoms with van der Waals surface area (Å²) in [6.07, 6.45) is 0.426. The van der Waals surface area contributed by atoms with Gasteiger partial charge in [0, 0.05) is 24.1 Å². The summed E-state index contributed by atoms with van der Waals surface area (Å²) in [6, 6.07) is 22.9. The number of aryl methyl sites for hydroxylation is 1. The van der Waals surface area contributed by atoms with E-state index in [0.717, 1.165) is 16.7 Å². The molecule has 7 nitrogen and oxygen atoms in total. The number of methoxy groups -OCH3 is 2. The normalized spacial score (nSPS) is 11.7. The molecule has 7 heteroatoms. The summed E-state index contributed by atoms with van der Waals surface area (Å²) in [4.78, 5) is 19.9. The fourth-order valence-electron chi connectivity index (χ4n) is 3.91. The zero-order valence-electron chi connectivity index (χ0n) is 20.4. The van der Waals surface area contributed by atoms with E-state index in [0.29, 0.717) is 41.7 Å². The minimum atomic E-state index is -0.127. The molecule has 4 rings (SSSR count). The van der Waals surface area contributed by atoms with Gasteiger partial charge in [-0.3, -0.25) is 4.79 Å². The van der Waals surface area contributed by atoms with Gasteiger partial charge in [-0.15, -0.1) is 0 Å². The number of aromatic nitrogens is 2. The van der Waals surface area contributed by atoms with Crippen LogP contribution in [-0.4, -0.2) is 41.7 Å². The van der Waals surface area contributed by atoms with Crippen molar-refractivity contribution in [3.63, 3.8) is 0 Å². The highest BCUT2D eigenvalue weighted by Crippen LogP contribution is 2.31. The zero-order valence-corrected chi connectivity index (χ0v) is 20.4. The maximum absolute atomic E-state index is 13.5. The monoisotopic (exact) mass is 471 g/mol. The van der Waals surface area contributed by atoms with Crippen LogP contribution < -0.4 is 9.47 Å². The average Bonchev–Trinajstić information content (AvgIpc) is 3.38. The molecule has 180 valence electrons. The van der Waals surface area contributed by atoms with Gasteiger partial charge in [-0.2, -0.15) is 4.98 Å². The number of amides is 1. The number of carbonyl (C=O) groups excluding carboxylic acids is 1. The maximum Gasteiger partial charge on any atom is 0.254 e. The molecule has 0 bridgehead atoms. The predicted octanol–water partition coefficient (Wildman–Crippen LogP) is 5.51. The fraction of sp³-hybridized carbons (Fsp3) is 0.250. The molecule has 0 saturated carbocycles. The van der Waals surface area contributed by atoms with Gasteiger partial charge >= 0.3 is 0 Å². The van der Waals surface area contributed by atoms with Gasteiger partial charge in [-0.25, -0.2) is 0 Å². The number of rotatable bonds is 9. The van der Waals surface area contributed by atoms with E-state index in [9.17, 15) is 4.79 Å². The predicted molar refractivity (Wildman–Crippen MR) is 134 cm³/mol. The van der Waals surface area contributed by atoms with E-state index in [2.05, 4.69) is 10.1 Å². The molecule has 0 aliphatic carbocycles. The highest BCUT2D eigenvalue weighted by Gasteiger charge is 2.24. The molecule has 0 spiro atoms. The Morgan fingerprint density at radius 1 is 0.971 bits per heavy atom. The van der Waals surface area contributed by atoms with Gasteiger partial charge in [0.05, 0.1) is 20.3 Å². The van der Waals surface area contributed by atoms with Crippen LogP contribution in [0.25, 0.3) is 11.4 Å². The molecule has 4 aromatic rings. The molecule has 0 aliphatic heterocycles. The molecule has 35 heavy (non-hydrogen) atoms. The summed E-state index contributed by atoms with van der Waals surface area (Å²) >= 11 is 0. The molecule has 0 fully saturated rings. The van der Waals surface area contributed by atoms with Crippen LogP contribution in [0.2, 0.25) is 0 Å². The third-order valence-electron chi connectivity index (χ3n) is 5.99. The van der Waals surface area contributed by atoms with Crippen LogP contribution in [0.15, 0.2) is 77.3 Å². The number of hydrogen-bond acceptors (Lipinski definition) is 6. The molecule has 1 amide bonds. The minimum absolute atomic E-state index is 0.0408. The lowest BCUT2D eigenvalue weighted by molar-refractivity contribution is 0.0689. The first-order chi connectivity index (χ1) is 17.0. The molecule has 0 N–H and O–H groups in total. The third kappa shape index (κ3) is 5.51. The van der Waals surface area contributed by atoms with Gasteiger partial charge in [0.25, 0.3) is 5.91 Å². The maximum atomic E-state index is 13.5. The van der Waals surface area contributed by atoms with Gasteiger partial charge in [0.15, 0.2) is 11.5 Å². The van der Waals surface area contributed by atoms with E-state index in [-0.39, 0.29) is 11.9 Å². The van der Waals surface area contributed by atoms with Gasteiger partial charge < -0.3 is 18.9 Å². The van der Waals surface area contributed by atoms with Crippen LogP contribution in [0.4, 0.5) is 0 Å². The van der Waals surface area contributed by atoms with E-state index in [4.69, 9.17) is 14.0 Å². The van der Waals surface area contributed by atoms with E-state index < -0.39 is 0 Å². The topological polar surface area (TPSA) is 77.7 Å². The largest absolute Gasteiger partial charge is 0.493 e. The summed E-state index contributed by atoms with van der Waals surface area (Å²) in [7, 11) is 3.17. The Morgan fingerprint density at radius 3 is 2.37 bits per heavy atom. The lowest BCUT2D eigenvalue weighted by Gasteiger charge is -2.29. The Morgan fingerprint density at radius 2 is 1.69 bits per heavy atom. The van der Waals surface area contributed by atoms with Crippen LogP contribution in [0.5, 0.6) is 11.5 Å². The SMILES string of the molecule is COc1ccc(-c2noc(CCN(C(=O)c3ccc(C)cc3)[C@@H](C)c3ccccc3)n2)cc1OC. The first-order valence-corrected chi connectivity index (χ1v) is 11.5. The molecule has 1 heterocycles. The molecular weight excluding hydrogens is 442 g/mol. The summed E-state index contributed by atoms with van der Waals surface area (Å²) in [5.74, 6) is 2.08. The van der Waals surface area contributed by atoms with Crippen molar-refractivity contribution in [2.24, 2.45) is 0 Å². The van der Waals surface area contributed by atoms with Crippen molar-refractivity contribution in [3.05, 3.63) is 95.4 Å². The Balaban J connectivity index is 1.55. The van der Waals surface area contributed by atoms with Crippen molar-refractivity contribution in [1.29, 1.82) is 0 Å². The fourth-order valence-corrected chi connectivity index (χ4v) is 3.91. The van der Waals surface area contributed by atoms with Crippen LogP contribution >= 0.6 is 0 Å². The number of benzene rings is 3.